The van der Waals surface area contributed by atoms with E-state index in [1.165, 1.54) is 5.56 Å². The van der Waals surface area contributed by atoms with Crippen LogP contribution in [-0.2, 0) is 12.8 Å². The molecule has 1 aromatic carbocycles. The molecular weight excluding hydrogens is 326 g/mol. The van der Waals surface area contributed by atoms with E-state index in [0.29, 0.717) is 22.8 Å². The van der Waals surface area contributed by atoms with Crippen molar-refractivity contribution < 1.29 is 4.42 Å². The van der Waals surface area contributed by atoms with Crippen molar-refractivity contribution in [2.45, 2.75) is 43.6 Å². The molecule has 23 heavy (non-hydrogen) atoms. The Balaban J connectivity index is 1.50. The Kier molecular flexibility index (Phi) is 5.46. The molecule has 0 bridgehead atoms. The van der Waals surface area contributed by atoms with Gasteiger partial charge in [-0.1, -0.05) is 49.0 Å². The smallest absolute Gasteiger partial charge is 0.276 e. The summed E-state index contributed by atoms with van der Waals surface area (Å²) in [5.41, 5.74) is 2.36. The van der Waals surface area contributed by atoms with Gasteiger partial charge < -0.3 is 4.42 Å². The maximum Gasteiger partial charge on any atom is 0.276 e. The number of aryl methyl sites for hydroxylation is 2. The summed E-state index contributed by atoms with van der Waals surface area (Å²) in [7, 11) is 0. The fourth-order valence-electron chi connectivity index (χ4n) is 2.25. The van der Waals surface area contributed by atoms with Crippen LogP contribution in [0.5, 0.6) is 0 Å². The summed E-state index contributed by atoms with van der Waals surface area (Å²) in [5, 5.41) is 12.4. The zero-order valence-corrected chi connectivity index (χ0v) is 14.9. The summed E-state index contributed by atoms with van der Waals surface area (Å²) in [6.45, 7) is 4.19. The van der Waals surface area contributed by atoms with Gasteiger partial charge in [0.1, 0.15) is 0 Å². The van der Waals surface area contributed by atoms with E-state index in [1.54, 1.807) is 23.1 Å². The van der Waals surface area contributed by atoms with Crippen LogP contribution in [0.1, 0.15) is 35.5 Å². The molecule has 0 spiro atoms. The summed E-state index contributed by atoms with van der Waals surface area (Å²) < 4.78 is 5.72. The van der Waals surface area contributed by atoms with Crippen LogP contribution in [-0.4, -0.2) is 20.4 Å². The second-order valence-electron chi connectivity index (χ2n) is 5.45. The highest BCUT2D eigenvalue weighted by atomic mass is 32.2. The topological polar surface area (TPSA) is 51.8 Å². The summed E-state index contributed by atoms with van der Waals surface area (Å²) in [5.74, 6) is 0.632. The largest absolute Gasteiger partial charge is 0.416 e. The molecule has 0 aliphatic heterocycles. The number of thioether (sulfide) groups is 1. The molecule has 3 rings (SSSR count). The van der Waals surface area contributed by atoms with E-state index in [4.69, 9.17) is 4.42 Å². The minimum Gasteiger partial charge on any atom is -0.416 e. The van der Waals surface area contributed by atoms with Gasteiger partial charge in [-0.05, 0) is 25.3 Å². The van der Waals surface area contributed by atoms with Crippen LogP contribution in [0.2, 0.25) is 0 Å². The minimum atomic E-state index is 0.435. The van der Waals surface area contributed by atoms with Crippen molar-refractivity contribution in [1.29, 1.82) is 0 Å². The lowest BCUT2D eigenvalue weighted by atomic mass is 10.1. The first-order valence-electron chi connectivity index (χ1n) is 7.63. The van der Waals surface area contributed by atoms with Crippen LogP contribution in [0.15, 0.2) is 45.4 Å². The highest BCUT2D eigenvalue weighted by Crippen LogP contribution is 2.25. The van der Waals surface area contributed by atoms with Crippen molar-refractivity contribution in [3.63, 3.8) is 0 Å². The van der Waals surface area contributed by atoms with E-state index in [1.807, 2.05) is 18.4 Å². The van der Waals surface area contributed by atoms with Crippen LogP contribution in [0.4, 0.5) is 0 Å². The van der Waals surface area contributed by atoms with Gasteiger partial charge in [-0.15, -0.1) is 21.5 Å². The number of rotatable bonds is 7. The number of benzene rings is 1. The van der Waals surface area contributed by atoms with E-state index in [0.717, 1.165) is 23.5 Å². The van der Waals surface area contributed by atoms with Crippen LogP contribution in [0, 0.1) is 6.92 Å². The van der Waals surface area contributed by atoms with Gasteiger partial charge in [0, 0.05) is 10.6 Å². The van der Waals surface area contributed by atoms with Gasteiger partial charge in [0.25, 0.3) is 5.22 Å². The Morgan fingerprint density at radius 2 is 2.04 bits per heavy atom. The number of aromatic nitrogens is 3. The molecule has 0 aliphatic carbocycles. The molecular formula is C17H19N3OS2. The van der Waals surface area contributed by atoms with Crippen molar-refractivity contribution in [2.24, 2.45) is 0 Å². The lowest BCUT2D eigenvalue weighted by Crippen LogP contribution is -1.98. The number of hydrogen-bond acceptors (Lipinski definition) is 6. The Hall–Kier alpha value is -1.66. The van der Waals surface area contributed by atoms with Gasteiger partial charge in [0.05, 0.1) is 17.1 Å². The second-order valence-corrected chi connectivity index (χ2v) is 7.90. The lowest BCUT2D eigenvalue weighted by molar-refractivity contribution is 0.418. The lowest BCUT2D eigenvalue weighted by Gasteiger charge is -2.07. The van der Waals surface area contributed by atoms with Crippen LogP contribution < -0.4 is 0 Å². The fourth-order valence-corrected chi connectivity index (χ4v) is 3.67. The molecule has 0 amide bonds. The van der Waals surface area contributed by atoms with Gasteiger partial charge in [-0.2, -0.15) is 0 Å². The van der Waals surface area contributed by atoms with Gasteiger partial charge in [0.2, 0.25) is 5.89 Å². The molecule has 120 valence electrons. The van der Waals surface area contributed by atoms with E-state index < -0.39 is 0 Å². The second kappa shape index (κ2) is 7.75. The third-order valence-corrected chi connectivity index (χ3v) is 5.26. The van der Waals surface area contributed by atoms with E-state index in [-0.39, 0.29) is 0 Å². The molecule has 0 N–H and O–H groups in total. The Morgan fingerprint density at radius 1 is 1.22 bits per heavy atom. The Bertz CT molecular complexity index is 739. The molecule has 1 atom stereocenters. The molecule has 0 radical (unpaired) electrons. The van der Waals surface area contributed by atoms with Crippen molar-refractivity contribution in [1.82, 2.24) is 15.2 Å². The molecule has 4 nitrogen and oxygen atoms in total. The number of hydrogen-bond donors (Lipinski definition) is 0. The van der Waals surface area contributed by atoms with Crippen LogP contribution in [0.3, 0.4) is 0 Å². The maximum absolute atomic E-state index is 5.72. The van der Waals surface area contributed by atoms with E-state index in [2.05, 4.69) is 46.4 Å². The molecule has 1 unspecified atom stereocenters. The third kappa shape index (κ3) is 4.91. The minimum absolute atomic E-state index is 0.435. The van der Waals surface area contributed by atoms with Crippen molar-refractivity contribution in [2.75, 3.05) is 0 Å². The fraction of sp³-hybridized carbons (Fsp3) is 0.353. The molecule has 0 fully saturated rings. The van der Waals surface area contributed by atoms with Gasteiger partial charge in [0.15, 0.2) is 0 Å². The first kappa shape index (κ1) is 16.2. The molecule has 3 aromatic rings. The van der Waals surface area contributed by atoms with Crippen molar-refractivity contribution in [3.8, 4) is 0 Å². The van der Waals surface area contributed by atoms with Gasteiger partial charge in [-0.3, -0.25) is 0 Å². The SMILES string of the molecule is Cc1nc(Cc2nnc(SC(C)CCc3ccccc3)o2)cs1. The quantitative estimate of drug-likeness (QED) is 0.589. The molecule has 0 aliphatic rings. The standard InChI is InChI=1S/C17H19N3OS2/c1-12(8-9-14-6-4-3-5-7-14)23-17-20-19-16(21-17)10-15-11-22-13(2)18-15/h3-7,11-12H,8-10H2,1-2H3. The summed E-state index contributed by atoms with van der Waals surface area (Å²) in [6, 6.07) is 10.5. The number of nitrogens with zero attached hydrogens (tertiary/aromatic N) is 3. The summed E-state index contributed by atoms with van der Waals surface area (Å²) in [6.07, 6.45) is 2.75. The zero-order valence-electron chi connectivity index (χ0n) is 13.2. The molecule has 6 heteroatoms. The first-order chi connectivity index (χ1) is 11.2. The Morgan fingerprint density at radius 3 is 2.78 bits per heavy atom. The monoisotopic (exact) mass is 345 g/mol. The number of thiazole rings is 1. The van der Waals surface area contributed by atoms with Crippen LogP contribution in [0.25, 0.3) is 0 Å². The van der Waals surface area contributed by atoms with E-state index in [9.17, 15) is 0 Å². The highest BCUT2D eigenvalue weighted by Gasteiger charge is 2.13. The predicted molar refractivity (Wildman–Crippen MR) is 94.0 cm³/mol. The summed E-state index contributed by atoms with van der Waals surface area (Å²) >= 11 is 3.28. The Labute approximate surface area is 144 Å². The van der Waals surface area contributed by atoms with Crippen molar-refractivity contribution in [3.05, 3.63) is 57.9 Å². The summed E-state index contributed by atoms with van der Waals surface area (Å²) in [4.78, 5) is 4.42. The molecule has 0 saturated heterocycles. The average Bonchev–Trinajstić information content (AvgIpc) is 3.16. The molecule has 2 aromatic heterocycles. The van der Waals surface area contributed by atoms with Gasteiger partial charge in [-0.25, -0.2) is 4.98 Å². The first-order valence-corrected chi connectivity index (χ1v) is 9.39. The molecule has 0 saturated carbocycles. The van der Waals surface area contributed by atoms with Crippen molar-refractivity contribution >= 4 is 23.1 Å². The van der Waals surface area contributed by atoms with E-state index >= 15 is 0 Å². The normalized spacial score (nSPS) is 12.4. The van der Waals surface area contributed by atoms with Gasteiger partial charge >= 0.3 is 0 Å². The zero-order chi connectivity index (χ0) is 16.1. The maximum atomic E-state index is 5.72. The van der Waals surface area contributed by atoms with Crippen LogP contribution >= 0.6 is 23.1 Å². The molecule has 2 heterocycles. The highest BCUT2D eigenvalue weighted by molar-refractivity contribution is 7.99. The average molecular weight is 345 g/mol. The third-order valence-electron chi connectivity index (χ3n) is 3.43. The predicted octanol–water partition coefficient (Wildman–Crippen LogP) is 4.54.